The third-order valence-electron chi connectivity index (χ3n) is 4.32. The summed E-state index contributed by atoms with van der Waals surface area (Å²) in [6, 6.07) is 16.4. The Morgan fingerprint density at radius 3 is 2.62 bits per heavy atom. The van der Waals surface area contributed by atoms with Crippen LogP contribution in [-0.2, 0) is 10.0 Å². The van der Waals surface area contributed by atoms with E-state index in [0.717, 1.165) is 28.8 Å². The van der Waals surface area contributed by atoms with E-state index in [1.807, 2.05) is 47.8 Å². The zero-order valence-corrected chi connectivity index (χ0v) is 18.5. The Morgan fingerprint density at radius 1 is 1.16 bits per heavy atom. The number of hydrogen-bond donors (Lipinski definition) is 1. The highest BCUT2D eigenvalue weighted by Crippen LogP contribution is 2.28. The minimum Gasteiger partial charge on any atom is -0.258 e. The van der Waals surface area contributed by atoms with Crippen molar-refractivity contribution in [3.63, 3.8) is 0 Å². The first-order valence-electron chi connectivity index (χ1n) is 9.03. The lowest BCUT2D eigenvalue weighted by atomic mass is 10.2. The summed E-state index contributed by atoms with van der Waals surface area (Å²) in [6.45, 7) is 0. The van der Waals surface area contributed by atoms with Crippen molar-refractivity contribution in [1.29, 1.82) is 0 Å². The van der Waals surface area contributed by atoms with Crippen molar-refractivity contribution in [2.24, 2.45) is 5.10 Å². The number of hydrogen-bond acceptors (Lipinski definition) is 7. The van der Waals surface area contributed by atoms with Gasteiger partial charge in [-0.25, -0.2) is 9.51 Å². The number of thiophene rings is 1. The van der Waals surface area contributed by atoms with Gasteiger partial charge in [0.25, 0.3) is 15.7 Å². The summed E-state index contributed by atoms with van der Waals surface area (Å²) in [5, 5.41) is 21.2. The van der Waals surface area contributed by atoms with Gasteiger partial charge in [0.1, 0.15) is 10.7 Å². The summed E-state index contributed by atoms with van der Waals surface area (Å²) >= 11 is 7.24. The molecule has 2 aromatic carbocycles. The van der Waals surface area contributed by atoms with Crippen LogP contribution in [0.3, 0.4) is 0 Å². The number of nitrogens with zero attached hydrogens (tertiary/aromatic N) is 4. The highest BCUT2D eigenvalue weighted by molar-refractivity contribution is 7.89. The third kappa shape index (κ3) is 4.54. The number of nitro benzene ring substituents is 1. The van der Waals surface area contributed by atoms with Crippen LogP contribution >= 0.6 is 22.9 Å². The van der Waals surface area contributed by atoms with E-state index in [9.17, 15) is 18.5 Å². The van der Waals surface area contributed by atoms with Crippen LogP contribution in [0.1, 0.15) is 5.56 Å². The Balaban J connectivity index is 1.64. The molecule has 12 heteroatoms. The van der Waals surface area contributed by atoms with Gasteiger partial charge in [-0.2, -0.15) is 18.6 Å². The molecule has 4 rings (SSSR count). The second-order valence-electron chi connectivity index (χ2n) is 6.41. The van der Waals surface area contributed by atoms with Crippen LogP contribution in [0.4, 0.5) is 5.69 Å². The van der Waals surface area contributed by atoms with Gasteiger partial charge in [0.05, 0.1) is 26.6 Å². The molecule has 0 saturated carbocycles. The zero-order chi connectivity index (χ0) is 22.7. The minimum absolute atomic E-state index is 0.161. The number of nitro groups is 1. The van der Waals surface area contributed by atoms with Crippen LogP contribution in [0.5, 0.6) is 0 Å². The molecule has 0 fully saturated rings. The van der Waals surface area contributed by atoms with Crippen LogP contribution in [0, 0.1) is 10.1 Å². The van der Waals surface area contributed by atoms with Crippen LogP contribution in [-0.4, -0.2) is 29.3 Å². The average molecular weight is 488 g/mol. The van der Waals surface area contributed by atoms with Gasteiger partial charge in [-0.05, 0) is 35.7 Å². The maximum atomic E-state index is 12.5. The fraction of sp³-hybridized carbons (Fsp3) is 0. The summed E-state index contributed by atoms with van der Waals surface area (Å²) in [6.07, 6.45) is 3.07. The normalized spacial score (nSPS) is 11.7. The van der Waals surface area contributed by atoms with E-state index in [0.29, 0.717) is 11.3 Å². The van der Waals surface area contributed by atoms with Gasteiger partial charge in [-0.3, -0.25) is 10.1 Å². The predicted octanol–water partition coefficient (Wildman–Crippen LogP) is 4.47. The molecule has 0 saturated heterocycles. The number of aromatic nitrogens is 2. The standard InChI is InChI=1S/C20H14ClN5O4S2/c21-17-9-8-16(11-18(17)26(27)28)32(29,30)24-22-12-14-13-25(15-5-2-1-3-6-15)23-20(14)19-7-4-10-31-19/h1-13,24H. The number of para-hydroxylation sites is 1. The Morgan fingerprint density at radius 2 is 1.94 bits per heavy atom. The summed E-state index contributed by atoms with van der Waals surface area (Å²) < 4.78 is 26.8. The summed E-state index contributed by atoms with van der Waals surface area (Å²) in [5.41, 5.74) is 1.54. The molecule has 0 aliphatic carbocycles. The molecule has 0 radical (unpaired) electrons. The highest BCUT2D eigenvalue weighted by Gasteiger charge is 2.20. The predicted molar refractivity (Wildman–Crippen MR) is 123 cm³/mol. The van der Waals surface area contributed by atoms with E-state index < -0.39 is 20.6 Å². The molecule has 0 bridgehead atoms. The molecule has 2 aromatic heterocycles. The quantitative estimate of drug-likeness (QED) is 0.234. The first kappa shape index (κ1) is 21.7. The lowest BCUT2D eigenvalue weighted by molar-refractivity contribution is -0.384. The fourth-order valence-corrected chi connectivity index (χ4v) is 4.55. The summed E-state index contributed by atoms with van der Waals surface area (Å²) in [4.78, 5) is 12.9. The summed E-state index contributed by atoms with van der Waals surface area (Å²) in [5.74, 6) is 0. The maximum Gasteiger partial charge on any atom is 0.289 e. The van der Waals surface area contributed by atoms with Crippen molar-refractivity contribution in [2.45, 2.75) is 4.90 Å². The molecular formula is C20H14ClN5O4S2. The topological polar surface area (TPSA) is 119 Å². The van der Waals surface area contributed by atoms with E-state index in [4.69, 9.17) is 11.6 Å². The lowest BCUT2D eigenvalue weighted by Crippen LogP contribution is -2.18. The molecule has 2 heterocycles. The van der Waals surface area contributed by atoms with Crippen LogP contribution < -0.4 is 4.83 Å². The first-order valence-corrected chi connectivity index (χ1v) is 11.8. The Bertz CT molecular complexity index is 1400. The van der Waals surface area contributed by atoms with Gasteiger partial charge in [0.15, 0.2) is 0 Å². The van der Waals surface area contributed by atoms with Gasteiger partial charge in [0, 0.05) is 17.8 Å². The van der Waals surface area contributed by atoms with E-state index in [1.165, 1.54) is 17.6 Å². The van der Waals surface area contributed by atoms with Crippen LogP contribution in [0.25, 0.3) is 16.3 Å². The summed E-state index contributed by atoms with van der Waals surface area (Å²) in [7, 11) is -4.15. The number of benzene rings is 2. The lowest BCUT2D eigenvalue weighted by Gasteiger charge is -2.04. The number of nitrogens with one attached hydrogen (secondary N) is 1. The maximum absolute atomic E-state index is 12.5. The van der Waals surface area contributed by atoms with Crippen molar-refractivity contribution in [2.75, 3.05) is 0 Å². The van der Waals surface area contributed by atoms with Crippen LogP contribution in [0.15, 0.2) is 82.2 Å². The molecule has 0 atom stereocenters. The van der Waals surface area contributed by atoms with Crippen molar-refractivity contribution in [1.82, 2.24) is 14.6 Å². The van der Waals surface area contributed by atoms with E-state index in [-0.39, 0.29) is 9.92 Å². The van der Waals surface area contributed by atoms with Crippen LogP contribution in [0.2, 0.25) is 5.02 Å². The van der Waals surface area contributed by atoms with Gasteiger partial charge in [0.2, 0.25) is 0 Å². The number of halogens is 1. The molecule has 4 aromatic rings. The van der Waals surface area contributed by atoms with Crippen molar-refractivity contribution in [3.05, 3.63) is 92.9 Å². The molecule has 0 amide bonds. The molecule has 0 unspecified atom stereocenters. The highest BCUT2D eigenvalue weighted by atomic mass is 35.5. The molecule has 0 spiro atoms. The fourth-order valence-electron chi connectivity index (χ4n) is 2.82. The largest absolute Gasteiger partial charge is 0.289 e. The van der Waals surface area contributed by atoms with E-state index >= 15 is 0 Å². The Kier molecular flexibility index (Phi) is 6.04. The molecule has 162 valence electrons. The van der Waals surface area contributed by atoms with Crippen molar-refractivity contribution < 1.29 is 13.3 Å². The second-order valence-corrected chi connectivity index (χ2v) is 9.43. The Hall–Kier alpha value is -3.54. The monoisotopic (exact) mass is 487 g/mol. The molecular weight excluding hydrogens is 474 g/mol. The van der Waals surface area contributed by atoms with Gasteiger partial charge < -0.3 is 0 Å². The van der Waals surface area contributed by atoms with Gasteiger partial charge in [-0.15, -0.1) is 11.3 Å². The Labute approximate surface area is 191 Å². The molecule has 1 N–H and O–H groups in total. The van der Waals surface area contributed by atoms with E-state index in [2.05, 4.69) is 15.0 Å². The first-order chi connectivity index (χ1) is 15.3. The number of rotatable bonds is 7. The van der Waals surface area contributed by atoms with Crippen molar-refractivity contribution in [3.8, 4) is 16.3 Å². The molecule has 9 nitrogen and oxygen atoms in total. The molecule has 0 aliphatic heterocycles. The SMILES string of the molecule is O=[N+]([O-])c1cc(S(=O)(=O)NN=Cc2cn(-c3ccccc3)nc2-c2cccs2)ccc1Cl. The minimum atomic E-state index is -4.15. The number of sulfonamides is 1. The smallest absolute Gasteiger partial charge is 0.258 e. The van der Waals surface area contributed by atoms with Gasteiger partial charge >= 0.3 is 0 Å². The second kappa shape index (κ2) is 8.91. The average Bonchev–Trinajstić information content (AvgIpc) is 3.44. The van der Waals surface area contributed by atoms with Gasteiger partial charge in [-0.1, -0.05) is 35.9 Å². The molecule has 0 aliphatic rings. The van der Waals surface area contributed by atoms with Crippen molar-refractivity contribution >= 4 is 44.9 Å². The molecule has 32 heavy (non-hydrogen) atoms. The zero-order valence-electron chi connectivity index (χ0n) is 16.1. The number of hydrazone groups is 1. The third-order valence-corrected chi connectivity index (χ3v) is 6.74. The van der Waals surface area contributed by atoms with E-state index in [1.54, 1.807) is 10.9 Å².